The maximum absolute atomic E-state index is 11.4. The molecule has 0 unspecified atom stereocenters. The molecule has 0 aliphatic carbocycles. The fraction of sp³-hybridized carbons (Fsp3) is 0.600. The van der Waals surface area contributed by atoms with Crippen molar-refractivity contribution in [3.05, 3.63) is 10.0 Å². The number of hydrogen-bond acceptors (Lipinski definition) is 6. The normalized spacial score (nSPS) is 17.2. The molecule has 1 fully saturated rings. The quantitative estimate of drug-likeness (QED) is 0.831. The molecule has 5 nitrogen and oxygen atoms in total. The Hall–Kier alpha value is -0.850. The van der Waals surface area contributed by atoms with Gasteiger partial charge in [0.2, 0.25) is 0 Å². The van der Waals surface area contributed by atoms with Crippen LogP contribution < -0.4 is 4.90 Å². The first-order chi connectivity index (χ1) is 8.11. The van der Waals surface area contributed by atoms with E-state index < -0.39 is 5.97 Å². The van der Waals surface area contributed by atoms with Gasteiger partial charge >= 0.3 is 5.97 Å². The van der Waals surface area contributed by atoms with Crippen LogP contribution in [-0.4, -0.2) is 42.4 Å². The number of thiazole rings is 1. The van der Waals surface area contributed by atoms with Gasteiger partial charge in [-0.05, 0) is 12.8 Å². The fourth-order valence-corrected chi connectivity index (χ4v) is 2.95. The third-order valence-corrected chi connectivity index (χ3v) is 4.16. The van der Waals surface area contributed by atoms with Crippen LogP contribution in [0.1, 0.15) is 22.5 Å². The van der Waals surface area contributed by atoms with Crippen LogP contribution in [0.2, 0.25) is 5.15 Å². The van der Waals surface area contributed by atoms with Gasteiger partial charge in [0.15, 0.2) is 15.2 Å². The van der Waals surface area contributed by atoms with Crippen LogP contribution in [-0.2, 0) is 4.74 Å². The molecule has 0 aromatic carbocycles. The maximum atomic E-state index is 11.4. The molecule has 0 atom stereocenters. The number of aromatic nitrogens is 1. The summed E-state index contributed by atoms with van der Waals surface area (Å²) in [4.78, 5) is 17.9. The number of nitrogens with zero attached hydrogens (tertiary/aromatic N) is 2. The average molecular weight is 277 g/mol. The van der Waals surface area contributed by atoms with Crippen LogP contribution in [0.5, 0.6) is 0 Å². The van der Waals surface area contributed by atoms with Crippen LogP contribution in [0, 0.1) is 0 Å². The van der Waals surface area contributed by atoms with Crippen LogP contribution in [0.25, 0.3) is 0 Å². The largest absolute Gasteiger partial charge is 0.465 e. The molecule has 0 bridgehead atoms. The molecular weight excluding hydrogens is 264 g/mol. The van der Waals surface area contributed by atoms with Crippen LogP contribution in [0.3, 0.4) is 0 Å². The van der Waals surface area contributed by atoms with Crippen molar-refractivity contribution >= 4 is 34.0 Å². The van der Waals surface area contributed by atoms with Gasteiger partial charge in [-0.2, -0.15) is 0 Å². The molecule has 17 heavy (non-hydrogen) atoms. The van der Waals surface area contributed by atoms with E-state index in [1.54, 1.807) is 0 Å². The molecule has 1 aromatic heterocycles. The summed E-state index contributed by atoms with van der Waals surface area (Å²) in [6.07, 6.45) is 1.19. The zero-order valence-corrected chi connectivity index (χ0v) is 10.9. The van der Waals surface area contributed by atoms with Crippen LogP contribution in [0.4, 0.5) is 5.13 Å². The van der Waals surface area contributed by atoms with Crippen molar-refractivity contribution in [3.63, 3.8) is 0 Å². The minimum atomic E-state index is -0.462. The Morgan fingerprint density at radius 3 is 2.82 bits per heavy atom. The standard InChI is InChI=1S/C10H13ClN2O3S/c1-16-9(15)7-8(11)12-10(17-7)13-4-2-6(14)3-5-13/h6,14H,2-5H2,1H3. The van der Waals surface area contributed by atoms with E-state index >= 15 is 0 Å². The predicted molar refractivity (Wildman–Crippen MR) is 65.9 cm³/mol. The predicted octanol–water partition coefficient (Wildman–Crippen LogP) is 1.54. The second-order valence-corrected chi connectivity index (χ2v) is 5.16. The summed E-state index contributed by atoms with van der Waals surface area (Å²) in [6.45, 7) is 1.46. The molecule has 1 N–H and O–H groups in total. The Balaban J connectivity index is 2.14. The van der Waals surface area contributed by atoms with E-state index in [1.165, 1.54) is 18.4 Å². The number of aliphatic hydroxyl groups is 1. The summed E-state index contributed by atoms with van der Waals surface area (Å²) in [7, 11) is 1.31. The Bertz CT molecular complexity index is 416. The lowest BCUT2D eigenvalue weighted by molar-refractivity contribution is 0.0606. The lowest BCUT2D eigenvalue weighted by Gasteiger charge is -2.28. The van der Waals surface area contributed by atoms with Crippen molar-refractivity contribution in [2.75, 3.05) is 25.1 Å². The summed E-state index contributed by atoms with van der Waals surface area (Å²) in [5.41, 5.74) is 0. The van der Waals surface area contributed by atoms with Crippen molar-refractivity contribution < 1.29 is 14.6 Å². The summed E-state index contributed by atoms with van der Waals surface area (Å²) in [5, 5.41) is 10.3. The van der Waals surface area contributed by atoms with Crippen LogP contribution >= 0.6 is 22.9 Å². The minimum Gasteiger partial charge on any atom is -0.465 e. The van der Waals surface area contributed by atoms with Crippen molar-refractivity contribution in [3.8, 4) is 0 Å². The molecule has 1 aliphatic rings. The van der Waals surface area contributed by atoms with Gasteiger partial charge in [-0.1, -0.05) is 22.9 Å². The smallest absolute Gasteiger partial charge is 0.351 e. The molecule has 94 valence electrons. The van der Waals surface area contributed by atoms with Gasteiger partial charge in [-0.3, -0.25) is 0 Å². The number of aliphatic hydroxyl groups excluding tert-OH is 1. The molecule has 1 aromatic rings. The van der Waals surface area contributed by atoms with Gasteiger partial charge in [0.05, 0.1) is 13.2 Å². The first-order valence-electron chi connectivity index (χ1n) is 5.29. The highest BCUT2D eigenvalue weighted by atomic mass is 35.5. The summed E-state index contributed by atoms with van der Waals surface area (Å²) in [6, 6.07) is 0. The first kappa shape index (κ1) is 12.6. The number of hydrogen-bond donors (Lipinski definition) is 1. The van der Waals surface area contributed by atoms with Crippen molar-refractivity contribution in [1.29, 1.82) is 0 Å². The number of piperidine rings is 1. The second kappa shape index (κ2) is 5.20. The Labute approximate surface area is 108 Å². The van der Waals surface area contributed by atoms with E-state index in [1.807, 2.05) is 4.90 Å². The summed E-state index contributed by atoms with van der Waals surface area (Å²) in [5.74, 6) is -0.462. The molecule has 0 spiro atoms. The lowest BCUT2D eigenvalue weighted by atomic mass is 10.1. The van der Waals surface area contributed by atoms with E-state index in [4.69, 9.17) is 11.6 Å². The number of carbonyl (C=O) groups excluding carboxylic acids is 1. The zero-order chi connectivity index (χ0) is 12.4. The molecule has 2 rings (SSSR count). The molecule has 7 heteroatoms. The molecule has 2 heterocycles. The van der Waals surface area contributed by atoms with Gasteiger partial charge < -0.3 is 14.7 Å². The minimum absolute atomic E-state index is 0.183. The molecule has 1 saturated heterocycles. The van der Waals surface area contributed by atoms with Gasteiger partial charge in [-0.15, -0.1) is 0 Å². The van der Waals surface area contributed by atoms with E-state index in [-0.39, 0.29) is 11.3 Å². The number of rotatable bonds is 2. The Morgan fingerprint density at radius 2 is 2.24 bits per heavy atom. The lowest BCUT2D eigenvalue weighted by Crippen LogP contribution is -2.35. The molecular formula is C10H13ClN2O3S. The summed E-state index contributed by atoms with van der Waals surface area (Å²) >= 11 is 7.12. The number of ether oxygens (including phenoxy) is 1. The van der Waals surface area contributed by atoms with Gasteiger partial charge in [-0.25, -0.2) is 9.78 Å². The zero-order valence-electron chi connectivity index (χ0n) is 9.35. The highest BCUT2D eigenvalue weighted by Gasteiger charge is 2.23. The van der Waals surface area contributed by atoms with Crippen LogP contribution in [0.15, 0.2) is 0 Å². The van der Waals surface area contributed by atoms with Gasteiger partial charge in [0.1, 0.15) is 0 Å². The maximum Gasteiger partial charge on any atom is 0.351 e. The molecule has 1 aliphatic heterocycles. The summed E-state index contributed by atoms with van der Waals surface area (Å²) < 4.78 is 4.62. The van der Waals surface area contributed by atoms with E-state index in [0.29, 0.717) is 22.9 Å². The van der Waals surface area contributed by atoms with Crippen molar-refractivity contribution in [1.82, 2.24) is 4.98 Å². The van der Waals surface area contributed by atoms with Crippen molar-refractivity contribution in [2.24, 2.45) is 0 Å². The molecule has 0 radical (unpaired) electrons. The number of halogens is 1. The fourth-order valence-electron chi connectivity index (χ4n) is 1.70. The number of methoxy groups -OCH3 is 1. The number of anilines is 1. The highest BCUT2D eigenvalue weighted by molar-refractivity contribution is 7.18. The first-order valence-corrected chi connectivity index (χ1v) is 6.49. The molecule has 0 amide bonds. The Morgan fingerprint density at radius 1 is 1.59 bits per heavy atom. The monoisotopic (exact) mass is 276 g/mol. The van der Waals surface area contributed by atoms with Gasteiger partial charge in [0, 0.05) is 13.1 Å². The second-order valence-electron chi connectivity index (χ2n) is 3.83. The van der Waals surface area contributed by atoms with E-state index in [0.717, 1.165) is 13.1 Å². The van der Waals surface area contributed by atoms with E-state index in [9.17, 15) is 9.90 Å². The van der Waals surface area contributed by atoms with Crippen molar-refractivity contribution in [2.45, 2.75) is 18.9 Å². The number of carbonyl (C=O) groups is 1. The average Bonchev–Trinajstić information content (AvgIpc) is 2.71. The SMILES string of the molecule is COC(=O)c1sc(N2CCC(O)CC2)nc1Cl. The highest BCUT2D eigenvalue weighted by Crippen LogP contribution is 2.31. The third kappa shape index (κ3) is 2.70. The van der Waals surface area contributed by atoms with E-state index in [2.05, 4.69) is 9.72 Å². The topological polar surface area (TPSA) is 62.7 Å². The third-order valence-electron chi connectivity index (χ3n) is 2.68. The molecule has 0 saturated carbocycles. The Kier molecular flexibility index (Phi) is 3.86. The number of esters is 1. The van der Waals surface area contributed by atoms with Gasteiger partial charge in [0.25, 0.3) is 0 Å².